The fourth-order valence-corrected chi connectivity index (χ4v) is 2.45. The van der Waals surface area contributed by atoms with Crippen molar-refractivity contribution in [3.05, 3.63) is 70.3 Å². The lowest BCUT2D eigenvalue weighted by atomic mass is 10.0. The molecule has 6 nitrogen and oxygen atoms in total. The minimum absolute atomic E-state index is 0.0282. The first-order valence-corrected chi connectivity index (χ1v) is 7.54. The second kappa shape index (κ2) is 5.98. The molecule has 0 aliphatic heterocycles. The van der Waals surface area contributed by atoms with Crippen molar-refractivity contribution in [2.45, 2.75) is 12.5 Å². The predicted molar refractivity (Wildman–Crippen MR) is 89.8 cm³/mol. The van der Waals surface area contributed by atoms with Crippen LogP contribution >= 0.6 is 0 Å². The van der Waals surface area contributed by atoms with Gasteiger partial charge in [-0.05, 0) is 31.2 Å². The van der Waals surface area contributed by atoms with Gasteiger partial charge in [0, 0.05) is 18.6 Å². The minimum atomic E-state index is -1.39. The van der Waals surface area contributed by atoms with Crippen LogP contribution in [0.2, 0.25) is 0 Å². The standard InChI is InChI=1S/C18H18N2O4/c1-18(23,15-10-12-6-3-4-8-14(12)24-15)11-19-16(21)13-7-5-9-20(2)17(13)22/h3-10,23H,11H2,1-2H3,(H,19,21). The molecule has 3 rings (SSSR count). The van der Waals surface area contributed by atoms with Gasteiger partial charge in [0.1, 0.15) is 22.5 Å². The average Bonchev–Trinajstić information content (AvgIpc) is 3.00. The summed E-state index contributed by atoms with van der Waals surface area (Å²) in [5.74, 6) is -0.183. The van der Waals surface area contributed by atoms with Crippen molar-refractivity contribution in [1.29, 1.82) is 0 Å². The molecule has 6 heteroatoms. The zero-order valence-electron chi connectivity index (χ0n) is 13.4. The molecule has 3 aromatic rings. The summed E-state index contributed by atoms with van der Waals surface area (Å²) in [6.45, 7) is 1.47. The second-order valence-electron chi connectivity index (χ2n) is 5.94. The van der Waals surface area contributed by atoms with Crippen molar-refractivity contribution in [1.82, 2.24) is 9.88 Å². The summed E-state index contributed by atoms with van der Waals surface area (Å²) < 4.78 is 6.97. The lowest BCUT2D eigenvalue weighted by Gasteiger charge is -2.21. The molecule has 0 aliphatic carbocycles. The number of benzene rings is 1. The summed E-state index contributed by atoms with van der Waals surface area (Å²) in [6, 6.07) is 12.2. The van der Waals surface area contributed by atoms with E-state index < -0.39 is 17.1 Å². The van der Waals surface area contributed by atoms with E-state index >= 15 is 0 Å². The second-order valence-corrected chi connectivity index (χ2v) is 5.94. The van der Waals surface area contributed by atoms with Crippen LogP contribution in [0.15, 0.2) is 57.9 Å². The van der Waals surface area contributed by atoms with Crippen LogP contribution in [0.4, 0.5) is 0 Å². The van der Waals surface area contributed by atoms with Crippen molar-refractivity contribution in [2.75, 3.05) is 6.54 Å². The van der Waals surface area contributed by atoms with Crippen LogP contribution in [0.1, 0.15) is 23.0 Å². The molecule has 2 aromatic heterocycles. The Bertz CT molecular complexity index is 920. The van der Waals surface area contributed by atoms with Crippen molar-refractivity contribution in [2.24, 2.45) is 7.05 Å². The molecule has 0 radical (unpaired) electrons. The number of nitrogens with zero attached hydrogens (tertiary/aromatic N) is 1. The van der Waals surface area contributed by atoms with E-state index in [0.717, 1.165) is 5.39 Å². The van der Waals surface area contributed by atoms with E-state index in [1.54, 1.807) is 38.4 Å². The highest BCUT2D eigenvalue weighted by atomic mass is 16.4. The monoisotopic (exact) mass is 326 g/mol. The number of hydrogen-bond donors (Lipinski definition) is 2. The first kappa shape index (κ1) is 16.0. The molecular weight excluding hydrogens is 308 g/mol. The Morgan fingerprint density at radius 2 is 2.04 bits per heavy atom. The first-order valence-electron chi connectivity index (χ1n) is 7.54. The summed E-state index contributed by atoms with van der Waals surface area (Å²) in [5.41, 5.74) is -1.09. The highest BCUT2D eigenvalue weighted by Crippen LogP contribution is 2.27. The van der Waals surface area contributed by atoms with Crippen molar-refractivity contribution in [3.8, 4) is 0 Å². The molecule has 0 saturated heterocycles. The molecule has 1 unspecified atom stereocenters. The van der Waals surface area contributed by atoms with Crippen LogP contribution in [0.25, 0.3) is 11.0 Å². The van der Waals surface area contributed by atoms with E-state index in [1.807, 2.05) is 18.2 Å². The number of carbonyl (C=O) groups excluding carboxylic acids is 1. The fraction of sp³-hybridized carbons (Fsp3) is 0.222. The zero-order valence-corrected chi connectivity index (χ0v) is 13.4. The van der Waals surface area contributed by atoms with Crippen LogP contribution in [-0.2, 0) is 12.6 Å². The number of nitrogens with one attached hydrogen (secondary N) is 1. The van der Waals surface area contributed by atoms with Gasteiger partial charge in [-0.3, -0.25) is 9.59 Å². The number of para-hydroxylation sites is 1. The summed E-state index contributed by atoms with van der Waals surface area (Å²) >= 11 is 0. The number of fused-ring (bicyclic) bond motifs is 1. The average molecular weight is 326 g/mol. The molecule has 0 saturated carbocycles. The summed E-state index contributed by atoms with van der Waals surface area (Å²) in [4.78, 5) is 24.1. The Kier molecular flexibility index (Phi) is 3.99. The Morgan fingerprint density at radius 3 is 2.79 bits per heavy atom. The Balaban J connectivity index is 1.78. The number of rotatable bonds is 4. The number of furan rings is 1. The molecular formula is C18H18N2O4. The molecule has 0 aliphatic rings. The van der Waals surface area contributed by atoms with E-state index in [9.17, 15) is 14.7 Å². The van der Waals surface area contributed by atoms with Gasteiger partial charge < -0.3 is 19.4 Å². The SMILES string of the molecule is Cn1cccc(C(=O)NCC(C)(O)c2cc3ccccc3o2)c1=O. The Morgan fingerprint density at radius 1 is 1.29 bits per heavy atom. The van der Waals surface area contributed by atoms with Crippen LogP contribution in [0.5, 0.6) is 0 Å². The quantitative estimate of drug-likeness (QED) is 0.765. The van der Waals surface area contributed by atoms with E-state index in [2.05, 4.69) is 5.32 Å². The van der Waals surface area contributed by atoms with Crippen molar-refractivity contribution < 1.29 is 14.3 Å². The van der Waals surface area contributed by atoms with Gasteiger partial charge in [-0.15, -0.1) is 0 Å². The van der Waals surface area contributed by atoms with Gasteiger partial charge in [-0.1, -0.05) is 18.2 Å². The van der Waals surface area contributed by atoms with E-state index in [4.69, 9.17) is 4.42 Å². The van der Waals surface area contributed by atoms with Gasteiger partial charge in [0.25, 0.3) is 11.5 Å². The number of aryl methyl sites for hydroxylation is 1. The van der Waals surface area contributed by atoms with Gasteiger partial charge in [0.05, 0.1) is 6.54 Å². The molecule has 2 heterocycles. The molecule has 2 N–H and O–H groups in total. The van der Waals surface area contributed by atoms with Gasteiger partial charge >= 0.3 is 0 Å². The third kappa shape index (κ3) is 2.96. The maximum atomic E-state index is 12.2. The lowest BCUT2D eigenvalue weighted by molar-refractivity contribution is 0.0344. The Hall–Kier alpha value is -2.86. The normalized spacial score (nSPS) is 13.6. The molecule has 0 fully saturated rings. The van der Waals surface area contributed by atoms with Gasteiger partial charge in [-0.2, -0.15) is 0 Å². The number of hydrogen-bond acceptors (Lipinski definition) is 4. The number of aromatic nitrogens is 1. The lowest BCUT2D eigenvalue weighted by Crippen LogP contribution is -2.40. The topological polar surface area (TPSA) is 84.5 Å². The van der Waals surface area contributed by atoms with Crippen molar-refractivity contribution >= 4 is 16.9 Å². The first-order chi connectivity index (χ1) is 11.4. The van der Waals surface area contributed by atoms with Gasteiger partial charge in [-0.25, -0.2) is 0 Å². The summed E-state index contributed by atoms with van der Waals surface area (Å²) in [7, 11) is 1.57. The maximum absolute atomic E-state index is 12.2. The summed E-state index contributed by atoms with van der Waals surface area (Å²) in [6.07, 6.45) is 1.57. The molecule has 1 atom stereocenters. The number of aliphatic hydroxyl groups is 1. The molecule has 1 amide bonds. The Labute approximate surface area is 138 Å². The van der Waals surface area contributed by atoms with Crippen molar-refractivity contribution in [3.63, 3.8) is 0 Å². The van der Waals surface area contributed by atoms with Crippen LogP contribution < -0.4 is 10.9 Å². The number of carbonyl (C=O) groups is 1. The number of pyridine rings is 1. The third-order valence-corrected chi connectivity index (χ3v) is 3.92. The van der Waals surface area contributed by atoms with Crippen LogP contribution in [0.3, 0.4) is 0 Å². The van der Waals surface area contributed by atoms with Crippen LogP contribution in [-0.4, -0.2) is 22.1 Å². The fourth-order valence-electron chi connectivity index (χ4n) is 2.45. The van der Waals surface area contributed by atoms with E-state index in [-0.39, 0.29) is 12.1 Å². The molecule has 124 valence electrons. The highest BCUT2D eigenvalue weighted by Gasteiger charge is 2.28. The smallest absolute Gasteiger partial charge is 0.263 e. The zero-order chi connectivity index (χ0) is 17.3. The summed E-state index contributed by atoms with van der Waals surface area (Å²) in [5, 5.41) is 14.1. The molecule has 0 bridgehead atoms. The van der Waals surface area contributed by atoms with E-state index in [0.29, 0.717) is 11.3 Å². The number of amides is 1. The predicted octanol–water partition coefficient (Wildman–Crippen LogP) is 1.77. The molecule has 0 spiro atoms. The third-order valence-electron chi connectivity index (χ3n) is 3.92. The van der Waals surface area contributed by atoms with Gasteiger partial charge in [0.2, 0.25) is 0 Å². The van der Waals surface area contributed by atoms with Gasteiger partial charge in [0.15, 0.2) is 0 Å². The minimum Gasteiger partial charge on any atom is -0.458 e. The maximum Gasteiger partial charge on any atom is 0.263 e. The molecule has 24 heavy (non-hydrogen) atoms. The highest BCUT2D eigenvalue weighted by molar-refractivity contribution is 5.93. The largest absolute Gasteiger partial charge is 0.458 e. The van der Waals surface area contributed by atoms with E-state index in [1.165, 1.54) is 10.6 Å². The molecule has 1 aromatic carbocycles. The van der Waals surface area contributed by atoms with Crippen LogP contribution in [0, 0.1) is 0 Å².